The molecular formula is C16H17NO3S. The Labute approximate surface area is 128 Å². The minimum atomic E-state index is 0.0646. The fourth-order valence-electron chi connectivity index (χ4n) is 1.81. The second kappa shape index (κ2) is 7.04. The fraction of sp³-hybridized carbons (Fsp3) is 0.188. The number of ketones is 1. The Balaban J connectivity index is 2.02. The first-order valence-electron chi connectivity index (χ1n) is 6.37. The maximum absolute atomic E-state index is 12.1. The number of ether oxygens (including phenoxy) is 2. The molecule has 0 amide bonds. The number of nitrogen functional groups attached to an aromatic ring is 1. The summed E-state index contributed by atoms with van der Waals surface area (Å²) in [5, 5.41) is 0. The van der Waals surface area contributed by atoms with E-state index < -0.39 is 0 Å². The summed E-state index contributed by atoms with van der Waals surface area (Å²) >= 11 is 1.46. The molecule has 0 radical (unpaired) electrons. The standard InChI is InChI=1S/C16H17NO3S/c1-19-15-8-7-13(9-16(15)20-2)21-10-14(18)11-3-5-12(17)6-4-11/h3-9H,10,17H2,1-2H3. The normalized spacial score (nSPS) is 10.2. The number of anilines is 1. The van der Waals surface area contributed by atoms with Gasteiger partial charge in [0.15, 0.2) is 17.3 Å². The molecule has 0 heterocycles. The zero-order chi connectivity index (χ0) is 15.2. The largest absolute Gasteiger partial charge is 0.493 e. The van der Waals surface area contributed by atoms with Crippen LogP contribution >= 0.6 is 11.8 Å². The SMILES string of the molecule is COc1ccc(SCC(=O)c2ccc(N)cc2)cc1OC. The van der Waals surface area contributed by atoms with E-state index in [0.29, 0.717) is 28.5 Å². The van der Waals surface area contributed by atoms with Gasteiger partial charge < -0.3 is 15.2 Å². The number of hydrogen-bond donors (Lipinski definition) is 1. The lowest BCUT2D eigenvalue weighted by atomic mass is 10.1. The highest BCUT2D eigenvalue weighted by Gasteiger charge is 2.09. The van der Waals surface area contributed by atoms with E-state index >= 15 is 0 Å². The minimum absolute atomic E-state index is 0.0646. The van der Waals surface area contributed by atoms with Crippen molar-refractivity contribution in [1.82, 2.24) is 0 Å². The molecule has 4 nitrogen and oxygen atoms in total. The van der Waals surface area contributed by atoms with Crippen molar-refractivity contribution in [3.63, 3.8) is 0 Å². The second-order valence-electron chi connectivity index (χ2n) is 4.35. The van der Waals surface area contributed by atoms with Gasteiger partial charge >= 0.3 is 0 Å². The van der Waals surface area contributed by atoms with Gasteiger partial charge in [-0.05, 0) is 42.5 Å². The number of carbonyl (C=O) groups is 1. The Bertz CT molecular complexity index is 626. The van der Waals surface area contributed by atoms with E-state index in [1.165, 1.54) is 11.8 Å². The summed E-state index contributed by atoms with van der Waals surface area (Å²) in [6, 6.07) is 12.5. The van der Waals surface area contributed by atoms with Crippen LogP contribution in [0.4, 0.5) is 5.69 Å². The average molecular weight is 303 g/mol. The van der Waals surface area contributed by atoms with E-state index in [1.807, 2.05) is 18.2 Å². The molecule has 2 rings (SSSR count). The maximum atomic E-state index is 12.1. The summed E-state index contributed by atoms with van der Waals surface area (Å²) in [4.78, 5) is 13.0. The lowest BCUT2D eigenvalue weighted by Crippen LogP contribution is -2.02. The van der Waals surface area contributed by atoms with Gasteiger partial charge in [0, 0.05) is 16.1 Å². The Hall–Kier alpha value is -2.14. The van der Waals surface area contributed by atoms with Gasteiger partial charge in [-0.2, -0.15) is 0 Å². The van der Waals surface area contributed by atoms with Crippen LogP contribution in [0.5, 0.6) is 11.5 Å². The summed E-state index contributed by atoms with van der Waals surface area (Å²) in [5.74, 6) is 1.75. The van der Waals surface area contributed by atoms with Gasteiger partial charge in [-0.15, -0.1) is 11.8 Å². The number of methoxy groups -OCH3 is 2. The number of hydrogen-bond acceptors (Lipinski definition) is 5. The molecule has 2 N–H and O–H groups in total. The van der Waals surface area contributed by atoms with Crippen LogP contribution in [0.1, 0.15) is 10.4 Å². The number of rotatable bonds is 6. The van der Waals surface area contributed by atoms with Crippen LogP contribution in [0.2, 0.25) is 0 Å². The van der Waals surface area contributed by atoms with Crippen LogP contribution in [-0.2, 0) is 0 Å². The molecule has 0 aliphatic rings. The van der Waals surface area contributed by atoms with E-state index in [9.17, 15) is 4.79 Å². The lowest BCUT2D eigenvalue weighted by molar-refractivity contribution is 0.102. The topological polar surface area (TPSA) is 61.5 Å². The van der Waals surface area contributed by atoms with E-state index in [0.717, 1.165) is 4.90 Å². The van der Waals surface area contributed by atoms with Gasteiger partial charge in [0.2, 0.25) is 0 Å². The molecule has 0 unspecified atom stereocenters. The Morgan fingerprint density at radius 3 is 2.33 bits per heavy atom. The van der Waals surface area contributed by atoms with Gasteiger partial charge in [0.1, 0.15) is 0 Å². The molecule has 0 atom stereocenters. The van der Waals surface area contributed by atoms with Crippen molar-refractivity contribution in [3.05, 3.63) is 48.0 Å². The number of benzene rings is 2. The molecule has 0 saturated carbocycles. The van der Waals surface area contributed by atoms with Crippen molar-refractivity contribution in [2.45, 2.75) is 4.90 Å². The van der Waals surface area contributed by atoms with E-state index in [2.05, 4.69) is 0 Å². The predicted molar refractivity (Wildman–Crippen MR) is 85.5 cm³/mol. The van der Waals surface area contributed by atoms with E-state index in [1.54, 1.807) is 38.5 Å². The number of carbonyl (C=O) groups excluding carboxylic acids is 1. The summed E-state index contributed by atoms with van der Waals surface area (Å²) in [7, 11) is 3.18. The van der Waals surface area contributed by atoms with Crippen LogP contribution < -0.4 is 15.2 Å². The van der Waals surface area contributed by atoms with Gasteiger partial charge in [-0.3, -0.25) is 4.79 Å². The maximum Gasteiger partial charge on any atom is 0.173 e. The molecule has 2 aromatic carbocycles. The first-order chi connectivity index (χ1) is 10.1. The molecule has 0 fully saturated rings. The van der Waals surface area contributed by atoms with Crippen molar-refractivity contribution in [2.24, 2.45) is 0 Å². The zero-order valence-electron chi connectivity index (χ0n) is 12.0. The third kappa shape index (κ3) is 3.92. The zero-order valence-corrected chi connectivity index (χ0v) is 12.8. The third-order valence-corrected chi connectivity index (χ3v) is 3.95. The molecule has 5 heteroatoms. The van der Waals surface area contributed by atoms with Crippen molar-refractivity contribution >= 4 is 23.2 Å². The molecule has 0 bridgehead atoms. The highest BCUT2D eigenvalue weighted by Crippen LogP contribution is 2.32. The molecule has 0 aliphatic heterocycles. The molecule has 110 valence electrons. The smallest absolute Gasteiger partial charge is 0.173 e. The summed E-state index contributed by atoms with van der Waals surface area (Å²) in [6.07, 6.45) is 0. The third-order valence-electron chi connectivity index (χ3n) is 2.96. The first-order valence-corrected chi connectivity index (χ1v) is 7.36. The molecular weight excluding hydrogens is 286 g/mol. The van der Waals surface area contributed by atoms with Gasteiger partial charge in [-0.25, -0.2) is 0 Å². The van der Waals surface area contributed by atoms with Crippen LogP contribution in [0.15, 0.2) is 47.4 Å². The highest BCUT2D eigenvalue weighted by atomic mass is 32.2. The Morgan fingerprint density at radius 2 is 1.71 bits per heavy atom. The quantitative estimate of drug-likeness (QED) is 0.504. The molecule has 2 aromatic rings. The molecule has 0 saturated heterocycles. The summed E-state index contributed by atoms with van der Waals surface area (Å²) in [5.41, 5.74) is 6.92. The Kier molecular flexibility index (Phi) is 5.11. The second-order valence-corrected chi connectivity index (χ2v) is 5.40. The number of nitrogens with two attached hydrogens (primary N) is 1. The van der Waals surface area contributed by atoms with Gasteiger partial charge in [0.05, 0.1) is 20.0 Å². The van der Waals surface area contributed by atoms with Crippen LogP contribution in [0.3, 0.4) is 0 Å². The number of thioether (sulfide) groups is 1. The van der Waals surface area contributed by atoms with Crippen molar-refractivity contribution in [2.75, 3.05) is 25.7 Å². The van der Waals surface area contributed by atoms with E-state index in [4.69, 9.17) is 15.2 Å². The van der Waals surface area contributed by atoms with Crippen molar-refractivity contribution in [3.8, 4) is 11.5 Å². The predicted octanol–water partition coefficient (Wildman–Crippen LogP) is 3.26. The minimum Gasteiger partial charge on any atom is -0.493 e. The number of Topliss-reactive ketones (excluding diaryl/α,β-unsaturated/α-hetero) is 1. The summed E-state index contributed by atoms with van der Waals surface area (Å²) in [6.45, 7) is 0. The molecule has 0 aliphatic carbocycles. The van der Waals surface area contributed by atoms with Crippen LogP contribution in [0.25, 0.3) is 0 Å². The fourth-order valence-corrected chi connectivity index (χ4v) is 2.63. The van der Waals surface area contributed by atoms with Crippen molar-refractivity contribution in [1.29, 1.82) is 0 Å². The summed E-state index contributed by atoms with van der Waals surface area (Å²) < 4.78 is 10.4. The van der Waals surface area contributed by atoms with Gasteiger partial charge in [-0.1, -0.05) is 0 Å². The lowest BCUT2D eigenvalue weighted by Gasteiger charge is -2.09. The van der Waals surface area contributed by atoms with Crippen LogP contribution in [-0.4, -0.2) is 25.8 Å². The van der Waals surface area contributed by atoms with E-state index in [-0.39, 0.29) is 5.78 Å². The van der Waals surface area contributed by atoms with Crippen LogP contribution in [0, 0.1) is 0 Å². The molecule has 0 spiro atoms. The first kappa shape index (κ1) is 15.3. The monoisotopic (exact) mass is 303 g/mol. The molecule has 21 heavy (non-hydrogen) atoms. The van der Waals surface area contributed by atoms with Gasteiger partial charge in [0.25, 0.3) is 0 Å². The van der Waals surface area contributed by atoms with Crippen molar-refractivity contribution < 1.29 is 14.3 Å². The Morgan fingerprint density at radius 1 is 1.05 bits per heavy atom. The highest BCUT2D eigenvalue weighted by molar-refractivity contribution is 8.00. The molecule has 0 aromatic heterocycles. The average Bonchev–Trinajstić information content (AvgIpc) is 2.52.